The van der Waals surface area contributed by atoms with Crippen LogP contribution in [0.15, 0.2) is 39.5 Å². The molecular weight excluding hydrogens is 390 g/mol. The topological polar surface area (TPSA) is 113 Å². The number of fused-ring (bicyclic) bond motifs is 1. The van der Waals surface area contributed by atoms with E-state index >= 15 is 0 Å². The minimum Gasteiger partial charge on any atom is -0.507 e. The molecular formula is C22H25NO7. The molecule has 0 unspecified atom stereocenters. The second-order valence-electron chi connectivity index (χ2n) is 6.69. The lowest BCUT2D eigenvalue weighted by Crippen LogP contribution is -2.27. The van der Waals surface area contributed by atoms with Crippen molar-refractivity contribution in [2.24, 2.45) is 0 Å². The highest BCUT2D eigenvalue weighted by Gasteiger charge is 2.21. The van der Waals surface area contributed by atoms with Crippen LogP contribution in [0.25, 0.3) is 22.3 Å². The summed E-state index contributed by atoms with van der Waals surface area (Å²) in [7, 11) is 1.31. The number of hydrogen-bond donors (Lipinski definition) is 3. The van der Waals surface area contributed by atoms with E-state index in [4.69, 9.17) is 13.9 Å². The Bertz CT molecular complexity index is 1100. The second-order valence-corrected chi connectivity index (χ2v) is 6.69. The molecule has 0 amide bonds. The van der Waals surface area contributed by atoms with Crippen molar-refractivity contribution in [3.63, 3.8) is 0 Å². The summed E-state index contributed by atoms with van der Waals surface area (Å²) >= 11 is 0. The average Bonchev–Trinajstić information content (AvgIpc) is 2.72. The fourth-order valence-corrected chi connectivity index (χ4v) is 3.21. The van der Waals surface area contributed by atoms with Crippen molar-refractivity contribution in [3.05, 3.63) is 40.6 Å². The Morgan fingerprint density at radius 1 is 1.00 bits per heavy atom. The first-order valence-corrected chi connectivity index (χ1v) is 9.64. The van der Waals surface area contributed by atoms with Gasteiger partial charge in [0, 0.05) is 24.2 Å². The van der Waals surface area contributed by atoms with Crippen LogP contribution in [0.4, 0.5) is 0 Å². The number of ether oxygens (including phenoxy) is 2. The van der Waals surface area contributed by atoms with E-state index in [0.717, 1.165) is 19.6 Å². The Morgan fingerprint density at radius 3 is 2.37 bits per heavy atom. The zero-order valence-electron chi connectivity index (χ0n) is 17.1. The van der Waals surface area contributed by atoms with Gasteiger partial charge in [0.1, 0.15) is 29.1 Å². The van der Waals surface area contributed by atoms with Crippen LogP contribution in [0.2, 0.25) is 0 Å². The number of benzene rings is 2. The van der Waals surface area contributed by atoms with Crippen LogP contribution >= 0.6 is 0 Å². The van der Waals surface area contributed by atoms with E-state index in [1.807, 2.05) is 0 Å². The number of rotatable bonds is 8. The van der Waals surface area contributed by atoms with Gasteiger partial charge < -0.3 is 34.1 Å². The van der Waals surface area contributed by atoms with Crippen LogP contribution in [0.3, 0.4) is 0 Å². The molecule has 3 aromatic rings. The van der Waals surface area contributed by atoms with Crippen LogP contribution < -0.4 is 14.9 Å². The van der Waals surface area contributed by atoms with Crippen molar-refractivity contribution in [3.8, 4) is 40.1 Å². The number of aromatic hydroxyl groups is 3. The van der Waals surface area contributed by atoms with E-state index in [1.54, 1.807) is 0 Å². The zero-order chi connectivity index (χ0) is 21.8. The van der Waals surface area contributed by atoms with Gasteiger partial charge in [-0.3, -0.25) is 4.79 Å². The molecule has 0 saturated carbocycles. The molecule has 3 rings (SSSR count). The number of phenolic OH excluding ortho intramolecular Hbond substituents is 3. The monoisotopic (exact) mass is 415 g/mol. The van der Waals surface area contributed by atoms with Crippen molar-refractivity contribution in [2.45, 2.75) is 13.8 Å². The van der Waals surface area contributed by atoms with E-state index in [0.29, 0.717) is 17.9 Å². The Kier molecular flexibility index (Phi) is 6.37. The normalized spacial score (nSPS) is 11.2. The molecule has 1 aromatic heterocycles. The van der Waals surface area contributed by atoms with Gasteiger partial charge >= 0.3 is 0 Å². The van der Waals surface area contributed by atoms with Crippen molar-refractivity contribution in [1.82, 2.24) is 4.90 Å². The maximum atomic E-state index is 12.9. The first kappa shape index (κ1) is 21.3. The van der Waals surface area contributed by atoms with Gasteiger partial charge in [-0.25, -0.2) is 0 Å². The molecule has 0 aliphatic heterocycles. The number of nitrogens with zero attached hydrogens (tertiary/aromatic N) is 1. The van der Waals surface area contributed by atoms with Crippen molar-refractivity contribution >= 4 is 11.0 Å². The van der Waals surface area contributed by atoms with Gasteiger partial charge in [0.2, 0.25) is 11.2 Å². The lowest BCUT2D eigenvalue weighted by atomic mass is 10.1. The third-order valence-corrected chi connectivity index (χ3v) is 4.92. The van der Waals surface area contributed by atoms with Gasteiger partial charge in [-0.15, -0.1) is 0 Å². The molecule has 160 valence electrons. The number of likely N-dealkylation sites (N-methyl/N-ethyl adjacent to an activating group) is 1. The Hall–Kier alpha value is -3.39. The number of methoxy groups -OCH3 is 1. The van der Waals surface area contributed by atoms with Gasteiger partial charge in [-0.05, 0) is 31.3 Å². The fourth-order valence-electron chi connectivity index (χ4n) is 3.21. The van der Waals surface area contributed by atoms with Crippen LogP contribution in [0.5, 0.6) is 28.7 Å². The third-order valence-electron chi connectivity index (χ3n) is 4.92. The predicted octanol–water partition coefficient (Wildman–Crippen LogP) is 3.31. The first-order chi connectivity index (χ1) is 14.4. The summed E-state index contributed by atoms with van der Waals surface area (Å²) in [5.41, 5.74) is -0.122. The van der Waals surface area contributed by atoms with Gasteiger partial charge in [0.05, 0.1) is 7.11 Å². The highest BCUT2D eigenvalue weighted by atomic mass is 16.5. The van der Waals surface area contributed by atoms with E-state index in [1.165, 1.54) is 37.4 Å². The quantitative estimate of drug-likeness (QED) is 0.481. The van der Waals surface area contributed by atoms with Gasteiger partial charge in [-0.1, -0.05) is 13.8 Å². The molecule has 3 N–H and O–H groups in total. The zero-order valence-corrected chi connectivity index (χ0v) is 17.1. The molecule has 0 aliphatic carbocycles. The summed E-state index contributed by atoms with van der Waals surface area (Å²) in [6.45, 7) is 7.06. The van der Waals surface area contributed by atoms with Crippen LogP contribution in [-0.4, -0.2) is 53.6 Å². The molecule has 0 aliphatic rings. The number of phenols is 3. The number of hydrogen-bond acceptors (Lipinski definition) is 8. The van der Waals surface area contributed by atoms with Crippen molar-refractivity contribution in [1.29, 1.82) is 0 Å². The molecule has 0 spiro atoms. The third kappa shape index (κ3) is 4.13. The van der Waals surface area contributed by atoms with E-state index in [-0.39, 0.29) is 39.7 Å². The molecule has 0 atom stereocenters. The minimum absolute atomic E-state index is 0.0327. The SMILES string of the molecule is CCN(CC)CCOc1cc(O)c2c(=O)c(OC)c(-c3ccc(O)c(O)c3)oc2c1. The molecule has 8 nitrogen and oxygen atoms in total. The van der Waals surface area contributed by atoms with Crippen molar-refractivity contribution in [2.75, 3.05) is 33.4 Å². The summed E-state index contributed by atoms with van der Waals surface area (Å²) in [5.74, 6) is -0.656. The average molecular weight is 415 g/mol. The smallest absolute Gasteiger partial charge is 0.239 e. The first-order valence-electron chi connectivity index (χ1n) is 9.64. The van der Waals surface area contributed by atoms with E-state index in [9.17, 15) is 20.1 Å². The van der Waals surface area contributed by atoms with E-state index < -0.39 is 5.43 Å². The second kappa shape index (κ2) is 8.96. The summed E-state index contributed by atoms with van der Waals surface area (Å²) in [6, 6.07) is 6.91. The molecule has 30 heavy (non-hydrogen) atoms. The highest BCUT2D eigenvalue weighted by Crippen LogP contribution is 2.38. The largest absolute Gasteiger partial charge is 0.507 e. The van der Waals surface area contributed by atoms with Gasteiger partial charge in [0.25, 0.3) is 0 Å². The summed E-state index contributed by atoms with van der Waals surface area (Å²) < 4.78 is 16.8. The van der Waals surface area contributed by atoms with E-state index in [2.05, 4.69) is 18.7 Å². The van der Waals surface area contributed by atoms with Crippen LogP contribution in [0, 0.1) is 0 Å². The lowest BCUT2D eigenvalue weighted by molar-refractivity contribution is 0.222. The van der Waals surface area contributed by atoms with Crippen LogP contribution in [0.1, 0.15) is 13.8 Å². The van der Waals surface area contributed by atoms with Gasteiger partial charge in [0.15, 0.2) is 17.3 Å². The summed E-state index contributed by atoms with van der Waals surface area (Å²) in [6.07, 6.45) is 0. The Balaban J connectivity index is 2.06. The lowest BCUT2D eigenvalue weighted by Gasteiger charge is -2.18. The fraction of sp³-hybridized carbons (Fsp3) is 0.318. The molecule has 0 bridgehead atoms. The Morgan fingerprint density at radius 2 is 1.73 bits per heavy atom. The maximum absolute atomic E-state index is 12.9. The minimum atomic E-state index is -0.562. The highest BCUT2D eigenvalue weighted by molar-refractivity contribution is 5.88. The molecule has 0 radical (unpaired) electrons. The van der Waals surface area contributed by atoms with Crippen LogP contribution in [-0.2, 0) is 0 Å². The molecule has 0 saturated heterocycles. The molecule has 8 heteroatoms. The van der Waals surface area contributed by atoms with Crippen molar-refractivity contribution < 1.29 is 29.2 Å². The molecule has 2 aromatic carbocycles. The summed E-state index contributed by atoms with van der Waals surface area (Å²) in [4.78, 5) is 15.1. The maximum Gasteiger partial charge on any atom is 0.239 e. The predicted molar refractivity (Wildman–Crippen MR) is 113 cm³/mol. The molecule has 0 fully saturated rings. The molecule has 1 heterocycles. The standard InChI is InChI=1S/C22H25NO7/c1-4-23(5-2)8-9-29-14-11-17(26)19-18(12-14)30-21(22(28-3)20(19)27)13-6-7-15(24)16(25)10-13/h6-7,10-12,24-26H,4-5,8-9H2,1-3H3. The summed E-state index contributed by atoms with van der Waals surface area (Å²) in [5, 5.41) is 29.7. The Labute approximate surface area is 173 Å². The van der Waals surface area contributed by atoms with Gasteiger partial charge in [-0.2, -0.15) is 0 Å².